The number of phosphoric ester groups is 1. The van der Waals surface area contributed by atoms with Gasteiger partial charge in [-0.05, 0) is 89.2 Å². The van der Waals surface area contributed by atoms with Gasteiger partial charge in [0.2, 0.25) is 0 Å². The van der Waals surface area contributed by atoms with Gasteiger partial charge in [0, 0.05) is 25.7 Å². The predicted molar refractivity (Wildman–Crippen MR) is 241 cm³/mol. The summed E-state index contributed by atoms with van der Waals surface area (Å²) in [5, 5.41) is 0. The Kier molecular flexibility index (Phi) is 28.0. The summed E-state index contributed by atoms with van der Waals surface area (Å²) in [6.45, 7) is 8.53. The van der Waals surface area contributed by atoms with Crippen LogP contribution in [0.15, 0.2) is 40.9 Å². The molecule has 0 aliphatic carbocycles. The van der Waals surface area contributed by atoms with Crippen molar-refractivity contribution in [1.29, 1.82) is 0 Å². The molecule has 3 unspecified atom stereocenters. The Labute approximate surface area is 363 Å². The SMILES string of the molecule is CCCCC/C=C\C/C=C\CC1OC1C/C=C\CCCC(=O)OC[C@H](COP(=O)(O)OCC[N+](C)(C)C)OC(=O)CCCCCCCCCCc1oc(CCC)c(C)c1C. The van der Waals surface area contributed by atoms with E-state index < -0.39 is 32.5 Å². The largest absolute Gasteiger partial charge is 0.472 e. The molecule has 11 nitrogen and oxygen atoms in total. The number of carbonyl (C=O) groups excluding carboxylic acids is 2. The Morgan fingerprint density at radius 2 is 1.28 bits per heavy atom. The number of unbranched alkanes of at least 4 members (excludes halogenated alkanes) is 11. The van der Waals surface area contributed by atoms with E-state index in [1.54, 1.807) is 0 Å². The van der Waals surface area contributed by atoms with Crippen LogP contribution in [0.3, 0.4) is 0 Å². The monoisotopic (exact) mass is 865 g/mol. The third-order valence-corrected chi connectivity index (χ3v) is 11.7. The minimum Gasteiger partial charge on any atom is -0.466 e. The average Bonchev–Trinajstić information content (AvgIpc) is 3.89. The number of phosphoric acid groups is 1. The van der Waals surface area contributed by atoms with Crippen LogP contribution in [0.1, 0.15) is 165 Å². The van der Waals surface area contributed by atoms with Gasteiger partial charge < -0.3 is 28.0 Å². The van der Waals surface area contributed by atoms with Gasteiger partial charge in [-0.25, -0.2) is 4.57 Å². The first-order valence-corrected chi connectivity index (χ1v) is 24.7. The highest BCUT2D eigenvalue weighted by Gasteiger charge is 2.36. The van der Waals surface area contributed by atoms with Crippen LogP contribution in [0, 0.1) is 13.8 Å². The fourth-order valence-electron chi connectivity index (χ4n) is 6.74. The van der Waals surface area contributed by atoms with Crippen LogP contribution in [0.4, 0.5) is 0 Å². The van der Waals surface area contributed by atoms with Crippen LogP contribution >= 0.6 is 7.82 Å². The highest BCUT2D eigenvalue weighted by atomic mass is 31.2. The van der Waals surface area contributed by atoms with E-state index in [1.807, 2.05) is 21.1 Å². The Hall–Kier alpha value is -2.53. The molecule has 1 aromatic rings. The molecule has 1 aliphatic rings. The summed E-state index contributed by atoms with van der Waals surface area (Å²) in [5.74, 6) is 1.39. The molecule has 2 rings (SSSR count). The number of carbonyl (C=O) groups is 2. The Balaban J connectivity index is 1.64. The van der Waals surface area contributed by atoms with E-state index in [1.165, 1.54) is 43.2 Å². The molecule has 344 valence electrons. The molecule has 0 amide bonds. The summed E-state index contributed by atoms with van der Waals surface area (Å²) in [6, 6.07) is 0. The van der Waals surface area contributed by atoms with Gasteiger partial charge in [-0.3, -0.25) is 18.6 Å². The number of furan rings is 1. The zero-order chi connectivity index (χ0) is 44.1. The molecular formula is C48H83NO10P+. The lowest BCUT2D eigenvalue weighted by Gasteiger charge is -2.24. The maximum absolute atomic E-state index is 12.8. The Morgan fingerprint density at radius 1 is 0.700 bits per heavy atom. The summed E-state index contributed by atoms with van der Waals surface area (Å²) in [7, 11) is 1.41. The summed E-state index contributed by atoms with van der Waals surface area (Å²) in [6.07, 6.45) is 33.5. The third kappa shape index (κ3) is 26.7. The normalized spacial score (nSPS) is 17.2. The molecule has 0 saturated carbocycles. The zero-order valence-electron chi connectivity index (χ0n) is 38.6. The number of ether oxygens (including phenoxy) is 3. The minimum absolute atomic E-state index is 0.0123. The van der Waals surface area contributed by atoms with E-state index in [0.29, 0.717) is 23.9 Å². The van der Waals surface area contributed by atoms with E-state index in [9.17, 15) is 19.0 Å². The van der Waals surface area contributed by atoms with E-state index in [-0.39, 0.29) is 38.3 Å². The summed E-state index contributed by atoms with van der Waals surface area (Å²) in [5.41, 5.74) is 2.62. The Morgan fingerprint density at radius 3 is 1.95 bits per heavy atom. The summed E-state index contributed by atoms with van der Waals surface area (Å²) < 4.78 is 46.3. The first-order chi connectivity index (χ1) is 28.7. The number of likely N-dealkylation sites (N-methyl/N-ethyl adjacent to an activating group) is 1. The molecule has 2 heterocycles. The second-order valence-electron chi connectivity index (χ2n) is 17.4. The number of allylic oxidation sites excluding steroid dienone is 4. The highest BCUT2D eigenvalue weighted by molar-refractivity contribution is 7.47. The molecule has 60 heavy (non-hydrogen) atoms. The van der Waals surface area contributed by atoms with Gasteiger partial charge in [-0.2, -0.15) is 0 Å². The Bertz CT molecular complexity index is 1460. The molecule has 4 atom stereocenters. The third-order valence-electron chi connectivity index (χ3n) is 10.7. The fraction of sp³-hybridized carbons (Fsp3) is 0.750. The van der Waals surface area contributed by atoms with Gasteiger partial charge in [0.25, 0.3) is 0 Å². The molecule has 12 heteroatoms. The first kappa shape index (κ1) is 53.6. The van der Waals surface area contributed by atoms with Gasteiger partial charge in [-0.15, -0.1) is 0 Å². The molecule has 0 bridgehead atoms. The summed E-state index contributed by atoms with van der Waals surface area (Å²) in [4.78, 5) is 35.6. The molecule has 1 saturated heterocycles. The second kappa shape index (κ2) is 31.3. The first-order valence-electron chi connectivity index (χ1n) is 23.2. The molecule has 0 radical (unpaired) electrons. The number of esters is 2. The van der Waals surface area contributed by atoms with Crippen molar-refractivity contribution in [3.05, 3.63) is 59.1 Å². The predicted octanol–water partition coefficient (Wildman–Crippen LogP) is 11.6. The average molecular weight is 865 g/mol. The topological polar surface area (TPSA) is 134 Å². The molecule has 1 aliphatic heterocycles. The van der Waals surface area contributed by atoms with Crippen LogP contribution in [-0.2, 0) is 50.3 Å². The fourth-order valence-corrected chi connectivity index (χ4v) is 7.48. The van der Waals surface area contributed by atoms with Crippen molar-refractivity contribution in [2.75, 3.05) is 47.5 Å². The van der Waals surface area contributed by atoms with Gasteiger partial charge >= 0.3 is 19.8 Å². The van der Waals surface area contributed by atoms with E-state index in [0.717, 1.165) is 95.0 Å². The van der Waals surface area contributed by atoms with Crippen molar-refractivity contribution in [1.82, 2.24) is 0 Å². The molecule has 1 fully saturated rings. The van der Waals surface area contributed by atoms with Crippen molar-refractivity contribution in [2.24, 2.45) is 0 Å². The number of rotatable bonds is 37. The van der Waals surface area contributed by atoms with E-state index >= 15 is 0 Å². The van der Waals surface area contributed by atoms with Crippen molar-refractivity contribution >= 4 is 19.8 Å². The van der Waals surface area contributed by atoms with Gasteiger partial charge in [0.1, 0.15) is 31.3 Å². The van der Waals surface area contributed by atoms with Crippen LogP contribution in [0.25, 0.3) is 0 Å². The van der Waals surface area contributed by atoms with E-state index in [4.69, 9.17) is 27.7 Å². The number of quaternary nitrogens is 1. The number of hydrogen-bond acceptors (Lipinski definition) is 9. The summed E-state index contributed by atoms with van der Waals surface area (Å²) >= 11 is 0. The lowest BCUT2D eigenvalue weighted by atomic mass is 10.0. The maximum atomic E-state index is 12.8. The van der Waals surface area contributed by atoms with Crippen LogP contribution in [0.2, 0.25) is 0 Å². The maximum Gasteiger partial charge on any atom is 0.472 e. The smallest absolute Gasteiger partial charge is 0.466 e. The van der Waals surface area contributed by atoms with Crippen molar-refractivity contribution in [3.8, 4) is 0 Å². The molecular weight excluding hydrogens is 781 g/mol. The van der Waals surface area contributed by atoms with E-state index in [2.05, 4.69) is 64.2 Å². The molecule has 0 spiro atoms. The van der Waals surface area contributed by atoms with Gasteiger partial charge in [-0.1, -0.05) is 102 Å². The standard InChI is InChI=1S/C48H82NO10P/c1-8-10-11-12-13-14-18-21-26-32-45-46(59-45)33-27-23-24-28-34-47(50)54-38-42(39-56-60(52,53)55-37-36-49(5,6)7)57-48(51)35-29-22-19-16-15-17-20-25-31-44-41(4)40(3)43(58-44)30-9-2/h13-14,21,23,26-27,42,45-46H,8-12,15-20,22,24-25,28-39H2,1-7H3/p+1/b14-13-,26-21-,27-23-/t42-,45?,46?/m1/s1. The second-order valence-corrected chi connectivity index (χ2v) is 18.9. The van der Waals surface area contributed by atoms with Gasteiger partial charge in [0.05, 0.1) is 40.0 Å². The van der Waals surface area contributed by atoms with Crippen LogP contribution < -0.4 is 0 Å². The number of hydrogen-bond donors (Lipinski definition) is 1. The van der Waals surface area contributed by atoms with Crippen LogP contribution in [-0.4, -0.2) is 87.1 Å². The van der Waals surface area contributed by atoms with Gasteiger partial charge in [0.15, 0.2) is 6.10 Å². The number of nitrogens with zero attached hydrogens (tertiary/aromatic N) is 1. The zero-order valence-corrected chi connectivity index (χ0v) is 39.5. The number of epoxide rings is 1. The molecule has 0 aromatic carbocycles. The number of aryl methyl sites for hydroxylation is 2. The van der Waals surface area contributed by atoms with Crippen molar-refractivity contribution in [2.45, 2.75) is 187 Å². The molecule has 1 N–H and O–H groups in total. The quantitative estimate of drug-likeness (QED) is 0.0172. The lowest BCUT2D eigenvalue weighted by Crippen LogP contribution is -2.37. The van der Waals surface area contributed by atoms with Crippen molar-refractivity contribution < 1.29 is 51.2 Å². The molecule has 1 aromatic heterocycles. The van der Waals surface area contributed by atoms with Crippen molar-refractivity contribution in [3.63, 3.8) is 0 Å². The highest BCUT2D eigenvalue weighted by Crippen LogP contribution is 2.43. The van der Waals surface area contributed by atoms with Crippen LogP contribution in [0.5, 0.6) is 0 Å². The lowest BCUT2D eigenvalue weighted by molar-refractivity contribution is -0.870. The minimum atomic E-state index is -4.41.